The van der Waals surface area contributed by atoms with Crippen LogP contribution in [0.15, 0.2) is 23.3 Å². The van der Waals surface area contributed by atoms with E-state index in [4.69, 9.17) is 10.2 Å². The van der Waals surface area contributed by atoms with E-state index in [0.29, 0.717) is 11.6 Å². The van der Waals surface area contributed by atoms with Gasteiger partial charge in [0, 0.05) is 11.1 Å². The number of rotatable bonds is 4. The first-order valence-electron chi connectivity index (χ1n) is 9.71. The third-order valence-corrected chi connectivity index (χ3v) is 6.74. The van der Waals surface area contributed by atoms with E-state index in [-0.39, 0.29) is 11.0 Å². The van der Waals surface area contributed by atoms with Gasteiger partial charge >= 0.3 is 18.1 Å². The highest BCUT2D eigenvalue weighted by atomic mass is 19.4. The fourth-order valence-electron chi connectivity index (χ4n) is 5.32. The lowest BCUT2D eigenvalue weighted by atomic mass is 9.46. The number of aliphatic carboxylic acids is 2. The molecule has 0 spiro atoms. The third kappa shape index (κ3) is 5.39. The molecule has 0 radical (unpaired) electrons. The van der Waals surface area contributed by atoms with Crippen molar-refractivity contribution in [1.82, 2.24) is 0 Å². The topological polar surface area (TPSA) is 74.6 Å². The Balaban J connectivity index is 0.000000224. The molecule has 0 atom stereocenters. The molecule has 0 saturated heterocycles. The van der Waals surface area contributed by atoms with Crippen LogP contribution in [0.4, 0.5) is 13.2 Å². The van der Waals surface area contributed by atoms with Gasteiger partial charge in [0.2, 0.25) is 0 Å². The lowest BCUT2D eigenvalue weighted by molar-refractivity contribution is -0.134. The molecule has 28 heavy (non-hydrogen) atoms. The van der Waals surface area contributed by atoms with Crippen molar-refractivity contribution in [3.05, 3.63) is 23.3 Å². The van der Waals surface area contributed by atoms with Crippen LogP contribution in [-0.2, 0) is 9.59 Å². The Morgan fingerprint density at radius 1 is 0.929 bits per heavy atom. The average molecular weight is 402 g/mol. The Morgan fingerprint density at radius 3 is 1.71 bits per heavy atom. The van der Waals surface area contributed by atoms with Crippen LogP contribution in [0.5, 0.6) is 0 Å². The molecule has 4 aliphatic carbocycles. The quantitative estimate of drug-likeness (QED) is 0.613. The molecule has 2 N–H and O–H groups in total. The van der Waals surface area contributed by atoms with Gasteiger partial charge < -0.3 is 10.2 Å². The number of carboxylic acids is 2. The number of carboxylic acid groups (broad SMARTS) is 2. The van der Waals surface area contributed by atoms with E-state index in [0.717, 1.165) is 30.6 Å². The lowest BCUT2D eigenvalue weighted by Gasteiger charge is -2.59. The maximum Gasteiger partial charge on any atom is 0.392 e. The molecule has 4 aliphatic rings. The molecule has 0 aromatic heterocycles. The van der Waals surface area contributed by atoms with Crippen molar-refractivity contribution < 1.29 is 33.0 Å². The molecule has 0 aromatic carbocycles. The van der Waals surface area contributed by atoms with Crippen LogP contribution in [0.3, 0.4) is 0 Å². The van der Waals surface area contributed by atoms with Gasteiger partial charge in [0.15, 0.2) is 0 Å². The van der Waals surface area contributed by atoms with Gasteiger partial charge in [-0.3, -0.25) is 0 Å². The molecular formula is C21H29F3O4. The molecule has 0 unspecified atom stereocenters. The van der Waals surface area contributed by atoms with Crippen molar-refractivity contribution in [3.8, 4) is 0 Å². The van der Waals surface area contributed by atoms with E-state index in [1.165, 1.54) is 32.1 Å². The third-order valence-electron chi connectivity index (χ3n) is 6.74. The van der Waals surface area contributed by atoms with Gasteiger partial charge in [0.25, 0.3) is 0 Å². The Kier molecular flexibility index (Phi) is 6.66. The molecule has 4 fully saturated rings. The van der Waals surface area contributed by atoms with Gasteiger partial charge in [-0.05, 0) is 75.0 Å². The highest BCUT2D eigenvalue weighted by Gasteiger charge is 2.53. The maximum absolute atomic E-state index is 11.4. The summed E-state index contributed by atoms with van der Waals surface area (Å²) in [6.07, 6.45) is 4.02. The maximum atomic E-state index is 11.4. The Hall–Kier alpha value is -1.79. The number of hydrogen-bond acceptors (Lipinski definition) is 2. The first-order valence-corrected chi connectivity index (χ1v) is 9.71. The summed E-state index contributed by atoms with van der Waals surface area (Å²) in [5.74, 6) is 1.31. The zero-order valence-corrected chi connectivity index (χ0v) is 16.6. The summed E-state index contributed by atoms with van der Waals surface area (Å²) in [6.45, 7) is 5.18. The second-order valence-corrected chi connectivity index (χ2v) is 8.81. The van der Waals surface area contributed by atoms with Crippen molar-refractivity contribution in [3.63, 3.8) is 0 Å². The average Bonchev–Trinajstić information content (AvgIpc) is 2.56. The summed E-state index contributed by atoms with van der Waals surface area (Å²) in [6, 6.07) is 0. The summed E-state index contributed by atoms with van der Waals surface area (Å²) in [5.41, 5.74) is 0.415. The molecule has 0 amide bonds. The Morgan fingerprint density at radius 2 is 1.36 bits per heavy atom. The van der Waals surface area contributed by atoms with E-state index in [1.54, 1.807) is 6.92 Å². The lowest BCUT2D eigenvalue weighted by Crippen LogP contribution is -2.50. The van der Waals surface area contributed by atoms with Crippen molar-refractivity contribution in [1.29, 1.82) is 0 Å². The molecule has 0 heterocycles. The van der Waals surface area contributed by atoms with Crippen LogP contribution in [-0.4, -0.2) is 28.3 Å². The summed E-state index contributed by atoms with van der Waals surface area (Å²) in [5, 5.41) is 17.2. The van der Waals surface area contributed by atoms with Gasteiger partial charge in [-0.1, -0.05) is 19.1 Å². The summed E-state index contributed by atoms with van der Waals surface area (Å²) in [7, 11) is 0. The van der Waals surface area contributed by atoms with E-state index in [9.17, 15) is 22.8 Å². The van der Waals surface area contributed by atoms with Crippen LogP contribution in [0.1, 0.15) is 59.3 Å². The molecule has 4 rings (SSSR count). The van der Waals surface area contributed by atoms with Gasteiger partial charge in [-0.25, -0.2) is 9.59 Å². The Labute approximate surface area is 163 Å². The van der Waals surface area contributed by atoms with Crippen molar-refractivity contribution in [2.75, 3.05) is 0 Å². The standard InChI is InChI=1S/C15H22O2.C6H7F3O2/c1-9(14(16)17)8-15(2)12-4-10-3-11(6-12)7-13(15)5-10;1-4(5(10)11)2-3-6(7,8)9/h8,10-13H,3-7H2,1-2H3,(H,16,17);2H,3H2,1H3,(H,10,11). The first-order chi connectivity index (χ1) is 12.8. The number of alkyl halides is 3. The van der Waals surface area contributed by atoms with Crippen LogP contribution in [0.25, 0.3) is 0 Å². The van der Waals surface area contributed by atoms with E-state index >= 15 is 0 Å². The van der Waals surface area contributed by atoms with Crippen molar-refractivity contribution in [2.24, 2.45) is 29.1 Å². The summed E-state index contributed by atoms with van der Waals surface area (Å²) < 4.78 is 34.3. The summed E-state index contributed by atoms with van der Waals surface area (Å²) in [4.78, 5) is 21.0. The predicted octanol–water partition coefficient (Wildman–Crippen LogP) is 5.45. The molecule has 4 saturated carbocycles. The van der Waals surface area contributed by atoms with Crippen LogP contribution in [0, 0.1) is 29.1 Å². The van der Waals surface area contributed by atoms with Gasteiger partial charge in [0.05, 0.1) is 6.42 Å². The van der Waals surface area contributed by atoms with E-state index in [1.807, 2.05) is 0 Å². The first kappa shape index (κ1) is 22.5. The second-order valence-electron chi connectivity index (χ2n) is 8.81. The Bertz CT molecular complexity index is 648. The number of halogens is 3. The number of allylic oxidation sites excluding steroid dienone is 2. The smallest absolute Gasteiger partial charge is 0.392 e. The molecule has 158 valence electrons. The largest absolute Gasteiger partial charge is 0.478 e. The highest BCUT2D eigenvalue weighted by molar-refractivity contribution is 5.86. The van der Waals surface area contributed by atoms with Crippen LogP contribution >= 0.6 is 0 Å². The number of carbonyl (C=O) groups is 2. The second kappa shape index (κ2) is 8.29. The fraction of sp³-hybridized carbons (Fsp3) is 0.714. The van der Waals surface area contributed by atoms with Crippen molar-refractivity contribution in [2.45, 2.75) is 65.5 Å². The zero-order chi connectivity index (χ0) is 21.3. The van der Waals surface area contributed by atoms with Gasteiger partial charge in [-0.15, -0.1) is 0 Å². The zero-order valence-electron chi connectivity index (χ0n) is 16.6. The predicted molar refractivity (Wildman–Crippen MR) is 98.6 cm³/mol. The SMILES string of the molecule is CC(=CC1(C)C2CC3CC(C2)CC1C3)C(=O)O.CC(=CCC(F)(F)F)C(=O)O. The fourth-order valence-corrected chi connectivity index (χ4v) is 5.32. The number of hydrogen-bond donors (Lipinski definition) is 2. The normalized spacial score (nSPS) is 34.6. The van der Waals surface area contributed by atoms with Gasteiger partial charge in [0.1, 0.15) is 0 Å². The molecule has 4 bridgehead atoms. The summed E-state index contributed by atoms with van der Waals surface area (Å²) >= 11 is 0. The van der Waals surface area contributed by atoms with Crippen LogP contribution < -0.4 is 0 Å². The van der Waals surface area contributed by atoms with Gasteiger partial charge in [-0.2, -0.15) is 13.2 Å². The minimum atomic E-state index is -4.32. The van der Waals surface area contributed by atoms with E-state index < -0.39 is 24.5 Å². The van der Waals surface area contributed by atoms with E-state index in [2.05, 4.69) is 13.0 Å². The molecule has 0 aliphatic heterocycles. The van der Waals surface area contributed by atoms with Crippen LogP contribution in [0.2, 0.25) is 0 Å². The molecule has 7 heteroatoms. The molecular weight excluding hydrogens is 373 g/mol. The minimum Gasteiger partial charge on any atom is -0.478 e. The van der Waals surface area contributed by atoms with Crippen molar-refractivity contribution >= 4 is 11.9 Å². The minimum absolute atomic E-state index is 0.163. The molecule has 4 nitrogen and oxygen atoms in total. The highest BCUT2D eigenvalue weighted by Crippen LogP contribution is 2.62. The molecule has 0 aromatic rings. The monoisotopic (exact) mass is 402 g/mol.